The molecule has 0 amide bonds. The average molecular weight is 201 g/mol. The summed E-state index contributed by atoms with van der Waals surface area (Å²) in [6, 6.07) is 8.41. The van der Waals surface area contributed by atoms with Gasteiger partial charge in [-0.15, -0.1) is 0 Å². The van der Waals surface area contributed by atoms with E-state index < -0.39 is 0 Å². The number of aromatic nitrogens is 1. The second-order valence-electron chi connectivity index (χ2n) is 3.79. The van der Waals surface area contributed by atoms with Gasteiger partial charge in [0.1, 0.15) is 6.29 Å². The van der Waals surface area contributed by atoms with Crippen LogP contribution in [0.15, 0.2) is 24.3 Å². The molecular formula is C13H15NO. The highest BCUT2D eigenvalue weighted by atomic mass is 16.1. The van der Waals surface area contributed by atoms with E-state index in [1.54, 1.807) is 0 Å². The van der Waals surface area contributed by atoms with Crippen LogP contribution in [0.1, 0.15) is 18.2 Å². The van der Waals surface area contributed by atoms with Crippen molar-refractivity contribution < 1.29 is 4.79 Å². The van der Waals surface area contributed by atoms with Crippen LogP contribution in [-0.4, -0.2) is 10.9 Å². The molecule has 15 heavy (non-hydrogen) atoms. The molecule has 0 bridgehead atoms. The van der Waals surface area contributed by atoms with Crippen molar-refractivity contribution in [2.24, 2.45) is 0 Å². The number of carbonyl (C=O) groups excluding carboxylic acids is 1. The summed E-state index contributed by atoms with van der Waals surface area (Å²) in [6.07, 6.45) is 1.46. The van der Waals surface area contributed by atoms with Crippen molar-refractivity contribution in [3.8, 4) is 0 Å². The monoisotopic (exact) mass is 201 g/mol. The van der Waals surface area contributed by atoms with Crippen LogP contribution in [0, 0.1) is 6.92 Å². The normalized spacial score (nSPS) is 10.8. The van der Waals surface area contributed by atoms with Gasteiger partial charge in [0.2, 0.25) is 0 Å². The molecule has 0 aliphatic heterocycles. The third-order valence-electron chi connectivity index (χ3n) is 2.81. The van der Waals surface area contributed by atoms with Crippen molar-refractivity contribution >= 4 is 17.2 Å². The first-order valence-electron chi connectivity index (χ1n) is 5.28. The summed E-state index contributed by atoms with van der Waals surface area (Å²) in [5.41, 5.74) is 3.59. The number of fused-ring (bicyclic) bond motifs is 1. The molecule has 1 heterocycles. The van der Waals surface area contributed by atoms with Gasteiger partial charge in [0.15, 0.2) is 0 Å². The lowest BCUT2D eigenvalue weighted by molar-refractivity contribution is -0.107. The van der Waals surface area contributed by atoms with Gasteiger partial charge < -0.3 is 9.36 Å². The highest BCUT2D eigenvalue weighted by Gasteiger charge is 2.04. The van der Waals surface area contributed by atoms with Crippen LogP contribution < -0.4 is 0 Å². The van der Waals surface area contributed by atoms with Gasteiger partial charge in [0.25, 0.3) is 0 Å². The average Bonchev–Trinajstić information content (AvgIpc) is 2.53. The van der Waals surface area contributed by atoms with E-state index in [1.807, 2.05) is 6.07 Å². The summed E-state index contributed by atoms with van der Waals surface area (Å²) in [4.78, 5) is 10.5. The molecule has 0 saturated carbocycles. The molecule has 0 aliphatic rings. The maximum Gasteiger partial charge on any atom is 0.124 e. The van der Waals surface area contributed by atoms with Crippen molar-refractivity contribution in [2.75, 3.05) is 0 Å². The molecule has 0 N–H and O–H groups in total. The van der Waals surface area contributed by atoms with Crippen molar-refractivity contribution in [1.29, 1.82) is 0 Å². The van der Waals surface area contributed by atoms with Gasteiger partial charge in [-0.2, -0.15) is 0 Å². The fourth-order valence-corrected chi connectivity index (χ4v) is 2.08. The molecule has 0 fully saturated rings. The number of hydrogen-bond acceptors (Lipinski definition) is 1. The van der Waals surface area contributed by atoms with Gasteiger partial charge in [-0.05, 0) is 36.9 Å². The Balaban J connectivity index is 2.62. The van der Waals surface area contributed by atoms with Gasteiger partial charge in [-0.25, -0.2) is 0 Å². The van der Waals surface area contributed by atoms with E-state index in [4.69, 9.17) is 0 Å². The lowest BCUT2D eigenvalue weighted by Crippen LogP contribution is -1.96. The smallest absolute Gasteiger partial charge is 0.124 e. The number of rotatable bonds is 3. The van der Waals surface area contributed by atoms with Crippen LogP contribution in [0.4, 0.5) is 0 Å². The molecule has 0 aliphatic carbocycles. The molecule has 2 rings (SSSR count). The van der Waals surface area contributed by atoms with Crippen LogP contribution in [0.25, 0.3) is 10.9 Å². The largest absolute Gasteiger partial charge is 0.345 e. The van der Waals surface area contributed by atoms with E-state index in [1.165, 1.54) is 16.6 Å². The molecule has 2 nitrogen and oxygen atoms in total. The molecule has 2 aromatic rings. The number of nitrogens with zero attached hydrogens (tertiary/aromatic N) is 1. The Labute approximate surface area is 89.5 Å². The SMILES string of the molecule is CCn1c(C)cc2ccc(CC=O)cc21. The third-order valence-corrected chi connectivity index (χ3v) is 2.81. The number of aldehydes is 1. The van der Waals surface area contributed by atoms with Crippen LogP contribution in [0.3, 0.4) is 0 Å². The van der Waals surface area contributed by atoms with Crippen molar-refractivity contribution in [3.05, 3.63) is 35.5 Å². The second-order valence-corrected chi connectivity index (χ2v) is 3.79. The second kappa shape index (κ2) is 3.89. The molecule has 0 saturated heterocycles. The molecule has 1 aromatic carbocycles. The zero-order chi connectivity index (χ0) is 10.8. The van der Waals surface area contributed by atoms with Crippen molar-refractivity contribution in [1.82, 2.24) is 4.57 Å². The zero-order valence-corrected chi connectivity index (χ0v) is 9.16. The summed E-state index contributed by atoms with van der Waals surface area (Å²) in [5.74, 6) is 0. The number of carbonyl (C=O) groups is 1. The summed E-state index contributed by atoms with van der Waals surface area (Å²) in [7, 11) is 0. The first-order chi connectivity index (χ1) is 7.26. The molecule has 0 radical (unpaired) electrons. The van der Waals surface area contributed by atoms with Gasteiger partial charge in [-0.3, -0.25) is 0 Å². The van der Waals surface area contributed by atoms with Crippen molar-refractivity contribution in [2.45, 2.75) is 26.8 Å². The fraction of sp³-hybridized carbons (Fsp3) is 0.308. The van der Waals surface area contributed by atoms with Crippen molar-refractivity contribution in [3.63, 3.8) is 0 Å². The Morgan fingerprint density at radius 2 is 2.13 bits per heavy atom. The Morgan fingerprint density at radius 1 is 1.33 bits per heavy atom. The summed E-state index contributed by atoms with van der Waals surface area (Å²) in [6.45, 7) is 5.22. The van der Waals surface area contributed by atoms with E-state index in [9.17, 15) is 4.79 Å². The number of aryl methyl sites for hydroxylation is 2. The quantitative estimate of drug-likeness (QED) is 0.700. The maximum absolute atomic E-state index is 10.5. The molecule has 0 atom stereocenters. The van der Waals surface area contributed by atoms with Gasteiger partial charge in [0.05, 0.1) is 0 Å². The summed E-state index contributed by atoms with van der Waals surface area (Å²) < 4.78 is 2.27. The van der Waals surface area contributed by atoms with Crippen LogP contribution in [-0.2, 0) is 17.8 Å². The highest BCUT2D eigenvalue weighted by molar-refractivity contribution is 5.82. The molecular weight excluding hydrogens is 186 g/mol. The molecule has 1 aromatic heterocycles. The maximum atomic E-state index is 10.5. The summed E-state index contributed by atoms with van der Waals surface area (Å²) in [5, 5.41) is 1.25. The van der Waals surface area contributed by atoms with Crippen LogP contribution in [0.5, 0.6) is 0 Å². The summed E-state index contributed by atoms with van der Waals surface area (Å²) >= 11 is 0. The van der Waals surface area contributed by atoms with Gasteiger partial charge >= 0.3 is 0 Å². The minimum absolute atomic E-state index is 0.504. The van der Waals surface area contributed by atoms with E-state index in [0.717, 1.165) is 18.4 Å². The van der Waals surface area contributed by atoms with Crippen LogP contribution >= 0.6 is 0 Å². The first-order valence-corrected chi connectivity index (χ1v) is 5.28. The Morgan fingerprint density at radius 3 is 2.80 bits per heavy atom. The Hall–Kier alpha value is -1.57. The van der Waals surface area contributed by atoms with E-state index in [-0.39, 0.29) is 0 Å². The van der Waals surface area contributed by atoms with E-state index in [0.29, 0.717) is 6.42 Å². The van der Waals surface area contributed by atoms with E-state index in [2.05, 4.69) is 36.6 Å². The minimum Gasteiger partial charge on any atom is -0.345 e. The van der Waals surface area contributed by atoms with Gasteiger partial charge in [-0.1, -0.05) is 12.1 Å². The molecule has 0 unspecified atom stereocenters. The number of hydrogen-bond donors (Lipinski definition) is 0. The standard InChI is InChI=1S/C13H15NO/c1-3-14-10(2)8-12-5-4-11(6-7-15)9-13(12)14/h4-5,7-9H,3,6H2,1-2H3. The molecule has 2 heteroatoms. The van der Waals surface area contributed by atoms with E-state index >= 15 is 0 Å². The van der Waals surface area contributed by atoms with Crippen LogP contribution in [0.2, 0.25) is 0 Å². The lowest BCUT2D eigenvalue weighted by Gasteiger charge is -2.04. The predicted molar refractivity (Wildman–Crippen MR) is 62.1 cm³/mol. The number of benzene rings is 1. The lowest BCUT2D eigenvalue weighted by atomic mass is 10.1. The van der Waals surface area contributed by atoms with Gasteiger partial charge in [0, 0.05) is 24.2 Å². The Bertz CT molecular complexity index is 496. The molecule has 0 spiro atoms. The minimum atomic E-state index is 0.504. The zero-order valence-electron chi connectivity index (χ0n) is 9.16. The fourth-order valence-electron chi connectivity index (χ4n) is 2.08. The topological polar surface area (TPSA) is 22.0 Å². The Kier molecular flexibility index (Phi) is 2.58. The highest BCUT2D eigenvalue weighted by Crippen LogP contribution is 2.20. The molecule has 78 valence electrons. The predicted octanol–water partition coefficient (Wildman–Crippen LogP) is 2.71. The third kappa shape index (κ3) is 1.67. The first kappa shape index (κ1) is 9.97.